The van der Waals surface area contributed by atoms with Crippen molar-refractivity contribution in [3.63, 3.8) is 0 Å². The third-order valence-electron chi connectivity index (χ3n) is 3.38. The quantitative estimate of drug-likeness (QED) is 0.721. The monoisotopic (exact) mass is 382 g/mol. The van der Waals surface area contributed by atoms with Crippen LogP contribution in [-0.2, 0) is 14.8 Å². The Morgan fingerprint density at radius 3 is 2.36 bits per heavy atom. The summed E-state index contributed by atoms with van der Waals surface area (Å²) in [6.45, 7) is 3.65. The molecule has 2 rings (SSSR count). The largest absolute Gasteiger partial charge is 0.482 e. The van der Waals surface area contributed by atoms with Crippen molar-refractivity contribution in [3.8, 4) is 5.75 Å². The van der Waals surface area contributed by atoms with Gasteiger partial charge in [0.05, 0.1) is 9.92 Å². The molecular weight excluding hydrogens is 364 g/mol. The van der Waals surface area contributed by atoms with Gasteiger partial charge in [0.1, 0.15) is 5.75 Å². The molecule has 0 aliphatic heterocycles. The minimum Gasteiger partial charge on any atom is -0.482 e. The predicted molar refractivity (Wildman–Crippen MR) is 95.9 cm³/mol. The lowest BCUT2D eigenvalue weighted by atomic mass is 10.0. The number of nitrogens with one attached hydrogen (secondary N) is 2. The first-order chi connectivity index (χ1) is 11.8. The molecule has 0 aliphatic carbocycles. The standard InChI is InChI=1S/C17H19ClN2O4S/c1-12(2)13-7-9-14(10-8-13)25(22,23)20-19-17(21)11-24-16-6-4-3-5-15(16)18/h3-10,12,20H,11H2,1-2H3,(H,19,21). The Balaban J connectivity index is 1.90. The van der Waals surface area contributed by atoms with Crippen LogP contribution in [0.5, 0.6) is 5.75 Å². The Morgan fingerprint density at radius 1 is 1.12 bits per heavy atom. The third kappa shape index (κ3) is 5.45. The number of sulfonamides is 1. The van der Waals surface area contributed by atoms with Gasteiger partial charge in [0, 0.05) is 0 Å². The fourth-order valence-corrected chi connectivity index (χ4v) is 3.01. The molecule has 8 heteroatoms. The van der Waals surface area contributed by atoms with Crippen LogP contribution in [0, 0.1) is 0 Å². The second kappa shape index (κ2) is 8.33. The molecule has 1 amide bonds. The van der Waals surface area contributed by atoms with E-state index in [0.717, 1.165) is 5.56 Å². The van der Waals surface area contributed by atoms with Crippen molar-refractivity contribution in [1.29, 1.82) is 0 Å². The molecule has 25 heavy (non-hydrogen) atoms. The van der Waals surface area contributed by atoms with Crippen molar-refractivity contribution in [3.05, 3.63) is 59.1 Å². The molecule has 6 nitrogen and oxygen atoms in total. The lowest BCUT2D eigenvalue weighted by Gasteiger charge is -2.11. The molecule has 0 radical (unpaired) electrons. The maximum atomic E-state index is 12.2. The second-order valence-electron chi connectivity index (χ2n) is 5.60. The fraction of sp³-hybridized carbons (Fsp3) is 0.235. The Hall–Kier alpha value is -2.09. The first-order valence-electron chi connectivity index (χ1n) is 7.57. The van der Waals surface area contributed by atoms with E-state index in [0.29, 0.717) is 16.7 Å². The van der Waals surface area contributed by atoms with E-state index in [4.69, 9.17) is 16.3 Å². The number of ether oxygens (including phenoxy) is 1. The van der Waals surface area contributed by atoms with Gasteiger partial charge in [-0.3, -0.25) is 10.2 Å². The summed E-state index contributed by atoms with van der Waals surface area (Å²) in [5.74, 6) is -0.0138. The molecule has 134 valence electrons. The first kappa shape index (κ1) is 19.2. The Kier molecular flexibility index (Phi) is 6.41. The number of carbonyl (C=O) groups is 1. The van der Waals surface area contributed by atoms with Gasteiger partial charge in [-0.25, -0.2) is 8.42 Å². The minimum absolute atomic E-state index is 0.0595. The second-order valence-corrected chi connectivity index (χ2v) is 7.69. The molecule has 0 aliphatic rings. The van der Waals surface area contributed by atoms with Gasteiger partial charge in [0.15, 0.2) is 6.61 Å². The summed E-state index contributed by atoms with van der Waals surface area (Å²) in [6, 6.07) is 13.1. The molecule has 2 N–H and O–H groups in total. The number of hydrogen-bond acceptors (Lipinski definition) is 4. The number of benzene rings is 2. The third-order valence-corrected chi connectivity index (χ3v) is 4.95. The summed E-state index contributed by atoms with van der Waals surface area (Å²) in [6.07, 6.45) is 0. The predicted octanol–water partition coefficient (Wildman–Crippen LogP) is 2.85. The number of para-hydroxylation sites is 1. The zero-order chi connectivity index (χ0) is 18.4. The Bertz CT molecular complexity index is 836. The Labute approximate surface area is 152 Å². The van der Waals surface area contributed by atoms with Crippen molar-refractivity contribution in [2.24, 2.45) is 0 Å². The van der Waals surface area contributed by atoms with Gasteiger partial charge in [0.25, 0.3) is 15.9 Å². The van der Waals surface area contributed by atoms with Crippen LogP contribution in [0.1, 0.15) is 25.3 Å². The van der Waals surface area contributed by atoms with E-state index in [-0.39, 0.29) is 11.5 Å². The van der Waals surface area contributed by atoms with Gasteiger partial charge >= 0.3 is 0 Å². The summed E-state index contributed by atoms with van der Waals surface area (Å²) >= 11 is 5.90. The van der Waals surface area contributed by atoms with E-state index in [1.54, 1.807) is 36.4 Å². The van der Waals surface area contributed by atoms with Crippen LogP contribution < -0.4 is 15.0 Å². The average molecular weight is 383 g/mol. The molecule has 0 saturated heterocycles. The van der Waals surface area contributed by atoms with Gasteiger partial charge in [-0.15, -0.1) is 4.83 Å². The van der Waals surface area contributed by atoms with Crippen molar-refractivity contribution in [2.75, 3.05) is 6.61 Å². The number of amides is 1. The molecule has 0 saturated carbocycles. The molecule has 0 bridgehead atoms. The first-order valence-corrected chi connectivity index (χ1v) is 9.43. The van der Waals surface area contributed by atoms with Crippen LogP contribution in [0.15, 0.2) is 53.4 Å². The highest BCUT2D eigenvalue weighted by Crippen LogP contribution is 2.22. The molecular formula is C17H19ClN2O4S. The maximum absolute atomic E-state index is 12.2. The molecule has 2 aromatic rings. The van der Waals surface area contributed by atoms with Crippen LogP contribution in [0.25, 0.3) is 0 Å². The topological polar surface area (TPSA) is 84.5 Å². The van der Waals surface area contributed by atoms with E-state index in [1.807, 2.05) is 18.7 Å². The fourth-order valence-electron chi connectivity index (χ4n) is 1.96. The van der Waals surface area contributed by atoms with E-state index in [9.17, 15) is 13.2 Å². The van der Waals surface area contributed by atoms with Crippen LogP contribution >= 0.6 is 11.6 Å². The highest BCUT2D eigenvalue weighted by Gasteiger charge is 2.15. The van der Waals surface area contributed by atoms with Crippen molar-refractivity contribution in [1.82, 2.24) is 10.3 Å². The van der Waals surface area contributed by atoms with E-state index >= 15 is 0 Å². The molecule has 0 atom stereocenters. The molecule has 0 unspecified atom stereocenters. The summed E-state index contributed by atoms with van der Waals surface area (Å²) in [5.41, 5.74) is 3.13. The normalized spacial score (nSPS) is 11.4. The zero-order valence-corrected chi connectivity index (χ0v) is 15.4. The van der Waals surface area contributed by atoms with Crippen molar-refractivity contribution in [2.45, 2.75) is 24.7 Å². The lowest BCUT2D eigenvalue weighted by Crippen LogP contribution is -2.43. The number of rotatable bonds is 7. The Morgan fingerprint density at radius 2 is 1.76 bits per heavy atom. The van der Waals surface area contributed by atoms with E-state index in [2.05, 4.69) is 5.43 Å². The molecule has 0 fully saturated rings. The van der Waals surface area contributed by atoms with Crippen LogP contribution in [0.3, 0.4) is 0 Å². The molecule has 0 heterocycles. The highest BCUT2D eigenvalue weighted by atomic mass is 35.5. The minimum atomic E-state index is -3.85. The summed E-state index contributed by atoms with van der Waals surface area (Å²) < 4.78 is 29.5. The molecule has 0 aromatic heterocycles. The van der Waals surface area contributed by atoms with Crippen molar-refractivity contribution < 1.29 is 17.9 Å². The number of halogens is 1. The van der Waals surface area contributed by atoms with Gasteiger partial charge in [0.2, 0.25) is 0 Å². The van der Waals surface area contributed by atoms with Gasteiger partial charge in [-0.1, -0.05) is 49.7 Å². The van der Waals surface area contributed by atoms with E-state index in [1.165, 1.54) is 12.1 Å². The van der Waals surface area contributed by atoms with Gasteiger partial charge in [-0.05, 0) is 35.7 Å². The van der Waals surface area contributed by atoms with Gasteiger partial charge < -0.3 is 4.74 Å². The lowest BCUT2D eigenvalue weighted by molar-refractivity contribution is -0.123. The highest BCUT2D eigenvalue weighted by molar-refractivity contribution is 7.89. The molecule has 2 aromatic carbocycles. The number of hydrogen-bond donors (Lipinski definition) is 2. The summed E-state index contributed by atoms with van der Waals surface area (Å²) in [4.78, 5) is 13.8. The van der Waals surface area contributed by atoms with E-state index < -0.39 is 15.9 Å². The van der Waals surface area contributed by atoms with Crippen molar-refractivity contribution >= 4 is 27.5 Å². The number of carbonyl (C=O) groups excluding carboxylic acids is 1. The maximum Gasteiger partial charge on any atom is 0.272 e. The summed E-state index contributed by atoms with van der Waals surface area (Å²) in [7, 11) is -3.85. The molecule has 0 spiro atoms. The van der Waals surface area contributed by atoms with Crippen LogP contribution in [0.4, 0.5) is 0 Å². The SMILES string of the molecule is CC(C)c1ccc(S(=O)(=O)NNC(=O)COc2ccccc2Cl)cc1. The average Bonchev–Trinajstić information content (AvgIpc) is 2.59. The number of hydrazine groups is 1. The zero-order valence-electron chi connectivity index (χ0n) is 13.8. The summed E-state index contributed by atoms with van der Waals surface area (Å²) in [5, 5.41) is 0.362. The smallest absolute Gasteiger partial charge is 0.272 e. The van der Waals surface area contributed by atoms with Crippen LogP contribution in [-0.4, -0.2) is 20.9 Å². The van der Waals surface area contributed by atoms with Gasteiger partial charge in [-0.2, -0.15) is 0 Å². The van der Waals surface area contributed by atoms with Crippen LogP contribution in [0.2, 0.25) is 5.02 Å².